The van der Waals surface area contributed by atoms with Gasteiger partial charge >= 0.3 is 6.09 Å². The molecule has 2 rings (SSSR count). The Morgan fingerprint density at radius 2 is 2.22 bits per heavy atom. The Hall–Kier alpha value is -1.77. The number of benzene rings is 1. The van der Waals surface area contributed by atoms with E-state index in [0.29, 0.717) is 19.0 Å². The van der Waals surface area contributed by atoms with Gasteiger partial charge in [0.15, 0.2) is 0 Å². The Kier molecular flexibility index (Phi) is 4.03. The standard InChI is InChI=1S/C15H19NO2/c1-12-5-2-3-7-14(12)9-8-13-6-4-10-16(11-13)15(17)18/h2-3,5,7-9,13H,4,6,10-11H2,1H3,(H,17,18). The van der Waals surface area contributed by atoms with Crippen molar-refractivity contribution < 1.29 is 9.90 Å². The molecule has 1 amide bonds. The molecule has 1 N–H and O–H groups in total. The second-order valence-electron chi connectivity index (χ2n) is 4.85. The molecule has 96 valence electrons. The van der Waals surface area contributed by atoms with Crippen molar-refractivity contribution in [2.75, 3.05) is 13.1 Å². The van der Waals surface area contributed by atoms with Gasteiger partial charge in [-0.3, -0.25) is 0 Å². The van der Waals surface area contributed by atoms with Gasteiger partial charge in [0.1, 0.15) is 0 Å². The van der Waals surface area contributed by atoms with Crippen molar-refractivity contribution >= 4 is 12.2 Å². The summed E-state index contributed by atoms with van der Waals surface area (Å²) in [5, 5.41) is 8.99. The van der Waals surface area contributed by atoms with Crippen LogP contribution in [0.15, 0.2) is 30.3 Å². The largest absolute Gasteiger partial charge is 0.465 e. The van der Waals surface area contributed by atoms with Gasteiger partial charge in [-0.15, -0.1) is 0 Å². The van der Waals surface area contributed by atoms with Gasteiger partial charge in [0.25, 0.3) is 0 Å². The number of nitrogens with zero attached hydrogens (tertiary/aromatic N) is 1. The zero-order valence-corrected chi connectivity index (χ0v) is 10.7. The number of aryl methyl sites for hydroxylation is 1. The summed E-state index contributed by atoms with van der Waals surface area (Å²) in [4.78, 5) is 12.4. The van der Waals surface area contributed by atoms with Crippen LogP contribution in [0.1, 0.15) is 24.0 Å². The van der Waals surface area contributed by atoms with Gasteiger partial charge in [0.05, 0.1) is 0 Å². The smallest absolute Gasteiger partial charge is 0.407 e. The second kappa shape index (κ2) is 5.71. The number of piperidine rings is 1. The first-order chi connectivity index (χ1) is 8.66. The molecule has 1 unspecified atom stereocenters. The van der Waals surface area contributed by atoms with Crippen LogP contribution >= 0.6 is 0 Å². The maximum absolute atomic E-state index is 10.9. The summed E-state index contributed by atoms with van der Waals surface area (Å²) < 4.78 is 0. The molecule has 0 spiro atoms. The van der Waals surface area contributed by atoms with Crippen LogP contribution in [0.2, 0.25) is 0 Å². The van der Waals surface area contributed by atoms with Crippen LogP contribution in [-0.2, 0) is 0 Å². The highest BCUT2D eigenvalue weighted by Gasteiger charge is 2.21. The zero-order valence-electron chi connectivity index (χ0n) is 10.7. The number of hydrogen-bond acceptors (Lipinski definition) is 1. The van der Waals surface area contributed by atoms with Crippen molar-refractivity contribution in [3.05, 3.63) is 41.5 Å². The average Bonchev–Trinajstić information content (AvgIpc) is 2.38. The third-order valence-corrected chi connectivity index (χ3v) is 3.46. The van der Waals surface area contributed by atoms with E-state index in [4.69, 9.17) is 5.11 Å². The number of likely N-dealkylation sites (tertiary alicyclic amines) is 1. The van der Waals surface area contributed by atoms with Crippen molar-refractivity contribution in [3.8, 4) is 0 Å². The summed E-state index contributed by atoms with van der Waals surface area (Å²) in [6.45, 7) is 3.38. The highest BCUT2D eigenvalue weighted by atomic mass is 16.4. The van der Waals surface area contributed by atoms with Gasteiger partial charge in [-0.1, -0.05) is 36.4 Å². The van der Waals surface area contributed by atoms with Crippen LogP contribution in [0.3, 0.4) is 0 Å². The Balaban J connectivity index is 2.01. The van der Waals surface area contributed by atoms with Crippen LogP contribution in [-0.4, -0.2) is 29.2 Å². The lowest BCUT2D eigenvalue weighted by molar-refractivity contribution is 0.127. The molecule has 1 heterocycles. The molecule has 1 aromatic carbocycles. The molecule has 0 aromatic heterocycles. The van der Waals surface area contributed by atoms with Crippen LogP contribution < -0.4 is 0 Å². The zero-order chi connectivity index (χ0) is 13.0. The topological polar surface area (TPSA) is 40.5 Å². The highest BCUT2D eigenvalue weighted by molar-refractivity contribution is 5.65. The fourth-order valence-corrected chi connectivity index (χ4v) is 2.35. The van der Waals surface area contributed by atoms with Crippen molar-refractivity contribution in [3.63, 3.8) is 0 Å². The predicted octanol–water partition coefficient (Wildman–Crippen LogP) is 3.40. The molecule has 18 heavy (non-hydrogen) atoms. The van der Waals surface area contributed by atoms with Crippen LogP contribution in [0.25, 0.3) is 6.08 Å². The third kappa shape index (κ3) is 3.13. The summed E-state index contributed by atoms with van der Waals surface area (Å²) in [6, 6.07) is 8.23. The molecule has 0 aliphatic carbocycles. The van der Waals surface area contributed by atoms with Crippen molar-refractivity contribution in [2.24, 2.45) is 5.92 Å². The highest BCUT2D eigenvalue weighted by Crippen LogP contribution is 2.19. The molecule has 0 radical (unpaired) electrons. The van der Waals surface area contributed by atoms with E-state index < -0.39 is 6.09 Å². The summed E-state index contributed by atoms with van der Waals surface area (Å²) in [5.74, 6) is 0.342. The SMILES string of the molecule is Cc1ccccc1C=CC1CCCN(C(=O)O)C1. The monoisotopic (exact) mass is 245 g/mol. The van der Waals surface area contributed by atoms with E-state index in [9.17, 15) is 4.79 Å². The molecular weight excluding hydrogens is 226 g/mol. The fourth-order valence-electron chi connectivity index (χ4n) is 2.35. The van der Waals surface area contributed by atoms with Gasteiger partial charge in [0, 0.05) is 13.1 Å². The van der Waals surface area contributed by atoms with Gasteiger partial charge < -0.3 is 10.0 Å². The minimum atomic E-state index is -0.802. The molecule has 1 saturated heterocycles. The second-order valence-corrected chi connectivity index (χ2v) is 4.85. The maximum atomic E-state index is 10.9. The number of carbonyl (C=O) groups is 1. The Morgan fingerprint density at radius 3 is 2.94 bits per heavy atom. The minimum absolute atomic E-state index is 0.342. The number of carboxylic acid groups (broad SMARTS) is 1. The number of amides is 1. The Bertz CT molecular complexity index is 454. The molecule has 3 heteroatoms. The van der Waals surface area contributed by atoms with Gasteiger partial charge in [-0.25, -0.2) is 4.79 Å². The van der Waals surface area contributed by atoms with E-state index in [-0.39, 0.29) is 0 Å². The van der Waals surface area contributed by atoms with E-state index in [0.717, 1.165) is 12.8 Å². The van der Waals surface area contributed by atoms with E-state index in [1.165, 1.54) is 16.0 Å². The van der Waals surface area contributed by atoms with Crippen molar-refractivity contribution in [1.29, 1.82) is 0 Å². The predicted molar refractivity (Wildman–Crippen MR) is 72.5 cm³/mol. The quantitative estimate of drug-likeness (QED) is 0.867. The van der Waals surface area contributed by atoms with E-state index in [2.05, 4.69) is 31.2 Å². The lowest BCUT2D eigenvalue weighted by atomic mass is 9.96. The molecule has 1 fully saturated rings. The van der Waals surface area contributed by atoms with Crippen LogP contribution in [0, 0.1) is 12.8 Å². The van der Waals surface area contributed by atoms with E-state index >= 15 is 0 Å². The Labute approximate surface area is 108 Å². The van der Waals surface area contributed by atoms with Crippen LogP contribution in [0.4, 0.5) is 4.79 Å². The molecule has 1 aliphatic heterocycles. The normalized spacial score (nSPS) is 20.3. The molecule has 3 nitrogen and oxygen atoms in total. The summed E-state index contributed by atoms with van der Waals surface area (Å²) >= 11 is 0. The van der Waals surface area contributed by atoms with Gasteiger partial charge in [-0.2, -0.15) is 0 Å². The fraction of sp³-hybridized carbons (Fsp3) is 0.400. The number of hydrogen-bond donors (Lipinski definition) is 1. The average molecular weight is 245 g/mol. The molecule has 0 bridgehead atoms. The van der Waals surface area contributed by atoms with Crippen LogP contribution in [0.5, 0.6) is 0 Å². The Morgan fingerprint density at radius 1 is 1.44 bits per heavy atom. The summed E-state index contributed by atoms with van der Waals surface area (Å²) in [5.41, 5.74) is 2.46. The number of rotatable bonds is 2. The van der Waals surface area contributed by atoms with E-state index in [1.807, 2.05) is 12.1 Å². The summed E-state index contributed by atoms with van der Waals surface area (Å²) in [6.07, 6.45) is 5.49. The molecule has 1 aromatic rings. The van der Waals surface area contributed by atoms with Gasteiger partial charge in [0.2, 0.25) is 0 Å². The maximum Gasteiger partial charge on any atom is 0.407 e. The van der Waals surface area contributed by atoms with Crippen molar-refractivity contribution in [1.82, 2.24) is 4.90 Å². The first kappa shape index (κ1) is 12.7. The van der Waals surface area contributed by atoms with Crippen molar-refractivity contribution in [2.45, 2.75) is 19.8 Å². The first-order valence-corrected chi connectivity index (χ1v) is 6.38. The lowest BCUT2D eigenvalue weighted by Crippen LogP contribution is -2.38. The minimum Gasteiger partial charge on any atom is -0.465 e. The lowest BCUT2D eigenvalue weighted by Gasteiger charge is -2.28. The molecular formula is C15H19NO2. The molecule has 1 atom stereocenters. The summed E-state index contributed by atoms with van der Waals surface area (Å²) in [7, 11) is 0. The first-order valence-electron chi connectivity index (χ1n) is 6.38. The third-order valence-electron chi connectivity index (χ3n) is 3.46. The molecule has 1 aliphatic rings. The molecule has 0 saturated carbocycles. The van der Waals surface area contributed by atoms with Gasteiger partial charge in [-0.05, 0) is 36.8 Å². The van der Waals surface area contributed by atoms with E-state index in [1.54, 1.807) is 0 Å².